The van der Waals surface area contributed by atoms with E-state index in [1.165, 1.54) is 0 Å². The van der Waals surface area contributed by atoms with Crippen molar-refractivity contribution in [1.29, 1.82) is 0 Å². The van der Waals surface area contributed by atoms with Crippen molar-refractivity contribution in [3.05, 3.63) is 33.1 Å². The Hall–Kier alpha value is -1.34. The van der Waals surface area contributed by atoms with Crippen LogP contribution in [0.25, 0.3) is 0 Å². The SMILES string of the molecule is O=c1ccn([C@@H]2O[C@H](COP(=O)(O)OP(=O)(O)OC3C[C@@H](O)[C@H](O)[C@@H](CO)O3)[C@@H](O)[C@H]2O)c(=O)[nH]1. The summed E-state index contributed by atoms with van der Waals surface area (Å²) in [7, 11) is -10.8. The Morgan fingerprint density at radius 2 is 1.71 bits per heavy atom. The highest BCUT2D eigenvalue weighted by Gasteiger charge is 2.47. The molecule has 3 rings (SSSR count). The van der Waals surface area contributed by atoms with Crippen LogP contribution in [0.3, 0.4) is 0 Å². The van der Waals surface area contributed by atoms with Crippen molar-refractivity contribution in [3.8, 4) is 0 Å². The minimum atomic E-state index is -5.40. The van der Waals surface area contributed by atoms with E-state index in [0.717, 1.165) is 16.8 Å². The summed E-state index contributed by atoms with van der Waals surface area (Å²) in [5.74, 6) is 0. The van der Waals surface area contributed by atoms with Crippen LogP contribution in [0.15, 0.2) is 21.9 Å². The van der Waals surface area contributed by atoms with Gasteiger partial charge in [0.05, 0.1) is 19.3 Å². The number of hydrogen-bond donors (Lipinski definition) is 8. The van der Waals surface area contributed by atoms with E-state index in [0.29, 0.717) is 0 Å². The Labute approximate surface area is 195 Å². The lowest BCUT2D eigenvalue weighted by atomic mass is 10.0. The molecule has 2 aliphatic rings. The normalized spacial score (nSPS) is 37.0. The van der Waals surface area contributed by atoms with Gasteiger partial charge in [-0.25, -0.2) is 13.9 Å². The van der Waals surface area contributed by atoms with Crippen molar-refractivity contribution >= 4 is 15.6 Å². The summed E-state index contributed by atoms with van der Waals surface area (Å²) in [5.41, 5.74) is -1.71. The number of aromatic nitrogens is 2. The summed E-state index contributed by atoms with van der Waals surface area (Å²) >= 11 is 0. The van der Waals surface area contributed by atoms with Gasteiger partial charge in [0.1, 0.15) is 30.5 Å². The fourth-order valence-corrected chi connectivity index (χ4v) is 5.50. The summed E-state index contributed by atoms with van der Waals surface area (Å²) in [4.78, 5) is 44.5. The van der Waals surface area contributed by atoms with E-state index in [-0.39, 0.29) is 0 Å². The molecule has 20 heteroatoms. The quantitative estimate of drug-likeness (QED) is 0.137. The molecule has 35 heavy (non-hydrogen) atoms. The van der Waals surface area contributed by atoms with Gasteiger partial charge in [-0.15, -0.1) is 0 Å². The van der Waals surface area contributed by atoms with Gasteiger partial charge in [-0.2, -0.15) is 4.31 Å². The van der Waals surface area contributed by atoms with Gasteiger partial charge >= 0.3 is 21.3 Å². The van der Waals surface area contributed by atoms with Crippen LogP contribution < -0.4 is 11.2 Å². The molecule has 8 N–H and O–H groups in total. The van der Waals surface area contributed by atoms with E-state index in [9.17, 15) is 48.9 Å². The van der Waals surface area contributed by atoms with Crippen molar-refractivity contribution in [1.82, 2.24) is 9.55 Å². The minimum absolute atomic E-state index is 0.548. The number of aliphatic hydroxyl groups excluding tert-OH is 5. The summed E-state index contributed by atoms with van der Waals surface area (Å²) < 4.78 is 48.4. The van der Waals surface area contributed by atoms with Crippen molar-refractivity contribution in [2.24, 2.45) is 0 Å². The highest BCUT2D eigenvalue weighted by Crippen LogP contribution is 2.61. The van der Waals surface area contributed by atoms with Crippen LogP contribution >= 0.6 is 15.6 Å². The maximum atomic E-state index is 12.1. The molecule has 1 aromatic rings. The maximum absolute atomic E-state index is 12.1. The third kappa shape index (κ3) is 6.91. The molecular formula is C15H24N2O16P2. The van der Waals surface area contributed by atoms with Crippen molar-refractivity contribution in [2.75, 3.05) is 13.2 Å². The van der Waals surface area contributed by atoms with Crippen LogP contribution in [0, 0.1) is 0 Å². The zero-order chi connectivity index (χ0) is 26.1. The first kappa shape index (κ1) is 28.2. The highest BCUT2D eigenvalue weighted by molar-refractivity contribution is 7.61. The lowest BCUT2D eigenvalue weighted by molar-refractivity contribution is -0.233. The van der Waals surface area contributed by atoms with Gasteiger partial charge in [0.15, 0.2) is 12.5 Å². The number of H-pyrrole nitrogens is 1. The molecule has 0 amide bonds. The van der Waals surface area contributed by atoms with E-state index in [4.69, 9.17) is 14.6 Å². The molecule has 2 aliphatic heterocycles. The molecule has 0 aliphatic carbocycles. The summed E-state index contributed by atoms with van der Waals surface area (Å²) in [6.07, 6.45) is -12.2. The molecule has 0 spiro atoms. The topological polar surface area (TPSA) is 277 Å². The molecule has 10 atom stereocenters. The van der Waals surface area contributed by atoms with Crippen molar-refractivity contribution in [2.45, 2.75) is 55.6 Å². The average molecular weight is 550 g/mol. The van der Waals surface area contributed by atoms with Crippen LogP contribution in [-0.4, -0.2) is 101 Å². The fourth-order valence-electron chi connectivity index (χ4n) is 3.35. The van der Waals surface area contributed by atoms with E-state index >= 15 is 0 Å². The smallest absolute Gasteiger partial charge is 0.394 e. The molecule has 0 radical (unpaired) electrons. The fraction of sp³-hybridized carbons (Fsp3) is 0.733. The Balaban J connectivity index is 1.59. The van der Waals surface area contributed by atoms with Gasteiger partial charge in [-0.3, -0.25) is 23.4 Å². The maximum Gasteiger partial charge on any atom is 0.483 e. The van der Waals surface area contributed by atoms with Crippen LogP contribution in [0.5, 0.6) is 0 Å². The standard InChI is InChI=1S/C15H24N2O16P2/c18-4-7-11(21)6(19)3-10(30-7)32-35(27,28)33-34(25,26)29-5-8-12(22)13(23)14(31-8)17-2-1-9(20)16-15(17)24/h1-2,6-8,10-14,18-19,21-23H,3-5H2,(H,25,26)(H,27,28)(H,16,20,24)/t6-,7-,8-,10?,11+,12-,13-,14-/m1/s1. The van der Waals surface area contributed by atoms with Gasteiger partial charge < -0.3 is 44.8 Å². The number of ether oxygens (including phenoxy) is 2. The first-order valence-electron chi connectivity index (χ1n) is 9.88. The first-order valence-corrected chi connectivity index (χ1v) is 12.9. The number of phosphoric ester groups is 2. The Morgan fingerprint density at radius 3 is 2.34 bits per heavy atom. The third-order valence-corrected chi connectivity index (χ3v) is 7.67. The van der Waals surface area contributed by atoms with Gasteiger partial charge in [-0.1, -0.05) is 0 Å². The average Bonchev–Trinajstić information content (AvgIpc) is 3.02. The Bertz CT molecular complexity index is 1090. The second-order valence-corrected chi connectivity index (χ2v) is 10.6. The summed E-state index contributed by atoms with van der Waals surface area (Å²) in [6, 6.07) is 0.945. The zero-order valence-electron chi connectivity index (χ0n) is 17.5. The molecule has 18 nitrogen and oxygen atoms in total. The van der Waals surface area contributed by atoms with Crippen LogP contribution in [0.4, 0.5) is 0 Å². The summed E-state index contributed by atoms with van der Waals surface area (Å²) in [6.45, 7) is -1.75. The number of hydrogen-bond acceptors (Lipinski definition) is 14. The second kappa shape index (κ2) is 11.0. The molecule has 0 bridgehead atoms. The monoisotopic (exact) mass is 550 g/mol. The first-order chi connectivity index (χ1) is 16.2. The molecule has 0 saturated carbocycles. The summed E-state index contributed by atoms with van der Waals surface area (Å²) in [5, 5.41) is 48.7. The Kier molecular flexibility index (Phi) is 8.84. The zero-order valence-corrected chi connectivity index (χ0v) is 19.3. The molecule has 1 aromatic heterocycles. The van der Waals surface area contributed by atoms with E-state index in [1.807, 2.05) is 4.98 Å². The molecule has 0 aromatic carbocycles. The lowest BCUT2D eigenvalue weighted by Crippen LogP contribution is -2.50. The Morgan fingerprint density at radius 1 is 1.03 bits per heavy atom. The molecule has 3 heterocycles. The number of nitrogens with zero attached hydrogens (tertiary/aromatic N) is 1. The number of rotatable bonds is 9. The predicted molar refractivity (Wildman–Crippen MR) is 107 cm³/mol. The number of aromatic amines is 1. The van der Waals surface area contributed by atoms with E-state index in [2.05, 4.69) is 13.4 Å². The van der Waals surface area contributed by atoms with E-state index < -0.39 is 95.7 Å². The highest BCUT2D eigenvalue weighted by atomic mass is 31.3. The van der Waals surface area contributed by atoms with Crippen molar-refractivity contribution in [3.63, 3.8) is 0 Å². The van der Waals surface area contributed by atoms with Gasteiger partial charge in [0.2, 0.25) is 0 Å². The number of phosphoric acid groups is 2. The van der Waals surface area contributed by atoms with Gasteiger partial charge in [0, 0.05) is 18.7 Å². The van der Waals surface area contributed by atoms with Crippen LogP contribution in [0.1, 0.15) is 12.6 Å². The van der Waals surface area contributed by atoms with Gasteiger partial charge in [0.25, 0.3) is 5.56 Å². The molecule has 3 unspecified atom stereocenters. The predicted octanol–water partition coefficient (Wildman–Crippen LogP) is -3.76. The molecular weight excluding hydrogens is 526 g/mol. The largest absolute Gasteiger partial charge is 0.483 e. The van der Waals surface area contributed by atoms with Crippen LogP contribution in [0.2, 0.25) is 0 Å². The van der Waals surface area contributed by atoms with E-state index in [1.54, 1.807) is 0 Å². The minimum Gasteiger partial charge on any atom is -0.394 e. The third-order valence-electron chi connectivity index (χ3n) is 5.04. The van der Waals surface area contributed by atoms with Gasteiger partial charge in [-0.05, 0) is 0 Å². The molecule has 200 valence electrons. The number of aliphatic hydroxyl groups is 5. The van der Waals surface area contributed by atoms with Crippen LogP contribution in [-0.2, 0) is 32.0 Å². The van der Waals surface area contributed by atoms with Crippen molar-refractivity contribution < 1.29 is 67.3 Å². The molecule has 2 saturated heterocycles. The second-order valence-electron chi connectivity index (χ2n) is 7.56. The number of nitrogens with one attached hydrogen (secondary N) is 1. The molecule has 2 fully saturated rings. The lowest BCUT2D eigenvalue weighted by Gasteiger charge is -2.36.